The fourth-order valence-corrected chi connectivity index (χ4v) is 2.00. The smallest absolute Gasteiger partial charge is 0.326 e. The lowest BCUT2D eigenvalue weighted by Crippen LogP contribution is -2.58. The third-order valence-electron chi connectivity index (χ3n) is 3.34. The Bertz CT molecular complexity index is 494. The van der Waals surface area contributed by atoms with Crippen LogP contribution in [0.4, 0.5) is 0 Å². The average Bonchev–Trinajstić information content (AvgIpc) is 2.50. The van der Waals surface area contributed by atoms with Crippen molar-refractivity contribution < 1.29 is 29.4 Å². The second kappa shape index (κ2) is 10.6. The minimum absolute atomic E-state index is 0.0531. The van der Waals surface area contributed by atoms with Gasteiger partial charge in [-0.15, -0.1) is 0 Å². The molecule has 0 heterocycles. The number of carboxylic acids is 1. The maximum Gasteiger partial charge on any atom is 0.326 e. The van der Waals surface area contributed by atoms with Gasteiger partial charge in [0.15, 0.2) is 0 Å². The van der Waals surface area contributed by atoms with Gasteiger partial charge < -0.3 is 31.9 Å². The number of hydrogen-bond donors (Lipinski definition) is 6. The third-order valence-corrected chi connectivity index (χ3v) is 3.34. The van der Waals surface area contributed by atoms with Crippen LogP contribution in [-0.4, -0.2) is 64.7 Å². The van der Waals surface area contributed by atoms with E-state index in [9.17, 15) is 24.3 Å². The summed E-state index contributed by atoms with van der Waals surface area (Å²) in [7, 11) is 0. The summed E-state index contributed by atoms with van der Waals surface area (Å²) in [6.45, 7) is 5.95. The van der Waals surface area contributed by atoms with E-state index in [0.717, 1.165) is 0 Å². The number of carbonyl (C=O) groups excluding carboxylic acids is 3. The van der Waals surface area contributed by atoms with Crippen LogP contribution in [0.1, 0.15) is 34.1 Å². The predicted octanol–water partition coefficient (Wildman–Crippen LogP) is -2.07. The van der Waals surface area contributed by atoms with E-state index in [1.807, 2.05) is 13.8 Å². The lowest BCUT2D eigenvalue weighted by Gasteiger charge is -2.24. The molecule has 0 fully saturated rings. The number of rotatable bonds is 10. The van der Waals surface area contributed by atoms with Crippen LogP contribution in [0.25, 0.3) is 0 Å². The number of aliphatic carboxylic acids is 1. The Kier molecular flexibility index (Phi) is 9.69. The van der Waals surface area contributed by atoms with Gasteiger partial charge in [0.2, 0.25) is 17.7 Å². The third kappa shape index (κ3) is 8.45. The van der Waals surface area contributed by atoms with Gasteiger partial charge >= 0.3 is 5.97 Å². The van der Waals surface area contributed by atoms with E-state index in [1.54, 1.807) is 0 Å². The lowest BCUT2D eigenvalue weighted by atomic mass is 10.0. The van der Waals surface area contributed by atoms with Crippen LogP contribution in [0.2, 0.25) is 0 Å². The highest BCUT2D eigenvalue weighted by Gasteiger charge is 2.29. The van der Waals surface area contributed by atoms with Gasteiger partial charge in [0.05, 0.1) is 12.6 Å². The molecule has 10 nitrogen and oxygen atoms in total. The summed E-state index contributed by atoms with van der Waals surface area (Å²) in [6, 6.07) is -3.41. The van der Waals surface area contributed by atoms with Crippen molar-refractivity contribution in [2.75, 3.05) is 6.54 Å². The number of carbonyl (C=O) groups is 4. The number of aliphatic hydroxyl groups excluding tert-OH is 1. The Labute approximate surface area is 146 Å². The van der Waals surface area contributed by atoms with Crippen molar-refractivity contribution in [1.82, 2.24) is 16.0 Å². The van der Waals surface area contributed by atoms with Crippen molar-refractivity contribution in [1.29, 1.82) is 0 Å². The van der Waals surface area contributed by atoms with Crippen molar-refractivity contribution in [2.24, 2.45) is 11.7 Å². The summed E-state index contributed by atoms with van der Waals surface area (Å²) < 4.78 is 0. The summed E-state index contributed by atoms with van der Waals surface area (Å²) in [5.74, 6) is -3.22. The summed E-state index contributed by atoms with van der Waals surface area (Å²) in [5, 5.41) is 25.7. The number of nitrogens with two attached hydrogens (primary N) is 1. The zero-order valence-electron chi connectivity index (χ0n) is 14.9. The SMILES string of the molecule is CC(C)CC(NC(=O)C(C)NC(=O)C(NC(=O)CN)C(C)O)C(=O)O. The molecule has 0 saturated carbocycles. The first-order valence-electron chi connectivity index (χ1n) is 8.00. The van der Waals surface area contributed by atoms with Gasteiger partial charge in [-0.3, -0.25) is 14.4 Å². The minimum Gasteiger partial charge on any atom is -0.480 e. The molecule has 0 rings (SSSR count). The van der Waals surface area contributed by atoms with Crippen LogP contribution in [0.15, 0.2) is 0 Å². The summed E-state index contributed by atoms with van der Waals surface area (Å²) in [6.07, 6.45) is -0.969. The zero-order chi connectivity index (χ0) is 19.7. The molecule has 25 heavy (non-hydrogen) atoms. The first-order valence-corrected chi connectivity index (χ1v) is 8.00. The average molecular weight is 360 g/mol. The maximum absolute atomic E-state index is 12.1. The van der Waals surface area contributed by atoms with E-state index in [4.69, 9.17) is 10.8 Å². The minimum atomic E-state index is -1.28. The number of amides is 3. The van der Waals surface area contributed by atoms with Crippen LogP contribution in [0, 0.1) is 5.92 Å². The Hall–Kier alpha value is -2.20. The maximum atomic E-state index is 12.1. The van der Waals surface area contributed by atoms with Gasteiger partial charge in [-0.05, 0) is 26.2 Å². The largest absolute Gasteiger partial charge is 0.480 e. The molecular weight excluding hydrogens is 332 g/mol. The van der Waals surface area contributed by atoms with E-state index >= 15 is 0 Å². The van der Waals surface area contributed by atoms with Gasteiger partial charge in [0.1, 0.15) is 18.1 Å². The molecule has 0 aromatic heterocycles. The van der Waals surface area contributed by atoms with E-state index < -0.39 is 47.9 Å². The highest BCUT2D eigenvalue weighted by Crippen LogP contribution is 2.05. The van der Waals surface area contributed by atoms with Crippen molar-refractivity contribution in [3.63, 3.8) is 0 Å². The highest BCUT2D eigenvalue weighted by molar-refractivity contribution is 5.93. The molecule has 4 unspecified atom stereocenters. The molecule has 0 aliphatic carbocycles. The highest BCUT2D eigenvalue weighted by atomic mass is 16.4. The van der Waals surface area contributed by atoms with Crippen molar-refractivity contribution >= 4 is 23.7 Å². The van der Waals surface area contributed by atoms with E-state index in [0.29, 0.717) is 0 Å². The number of hydrogen-bond acceptors (Lipinski definition) is 6. The molecule has 10 heteroatoms. The fraction of sp³-hybridized carbons (Fsp3) is 0.733. The number of aliphatic hydroxyl groups is 1. The molecule has 7 N–H and O–H groups in total. The standard InChI is InChI=1S/C15H28N4O6/c1-7(2)5-10(15(24)25)18-13(22)8(3)17-14(23)12(9(4)20)19-11(21)6-16/h7-10,12,20H,5-6,16H2,1-4H3,(H,17,23)(H,18,22)(H,19,21)(H,24,25). The first kappa shape index (κ1) is 22.8. The molecule has 0 saturated heterocycles. The van der Waals surface area contributed by atoms with Crippen molar-refractivity contribution in [2.45, 2.75) is 58.3 Å². The van der Waals surface area contributed by atoms with Gasteiger partial charge in [0, 0.05) is 0 Å². The van der Waals surface area contributed by atoms with Gasteiger partial charge in [-0.2, -0.15) is 0 Å². The van der Waals surface area contributed by atoms with E-state index in [-0.39, 0.29) is 18.9 Å². The van der Waals surface area contributed by atoms with Crippen molar-refractivity contribution in [3.05, 3.63) is 0 Å². The lowest BCUT2D eigenvalue weighted by molar-refractivity contribution is -0.142. The molecule has 4 atom stereocenters. The van der Waals surface area contributed by atoms with Gasteiger partial charge in [-0.1, -0.05) is 13.8 Å². The molecule has 0 spiro atoms. The van der Waals surface area contributed by atoms with Gasteiger partial charge in [0.25, 0.3) is 0 Å². The van der Waals surface area contributed by atoms with Crippen LogP contribution in [0.3, 0.4) is 0 Å². The molecule has 0 aliphatic heterocycles. The van der Waals surface area contributed by atoms with Crippen LogP contribution in [-0.2, 0) is 19.2 Å². The molecule has 0 aromatic carbocycles. The van der Waals surface area contributed by atoms with E-state index in [2.05, 4.69) is 16.0 Å². The molecule has 0 bridgehead atoms. The van der Waals surface area contributed by atoms with Crippen LogP contribution >= 0.6 is 0 Å². The topological polar surface area (TPSA) is 171 Å². The Morgan fingerprint density at radius 3 is 1.92 bits per heavy atom. The predicted molar refractivity (Wildman–Crippen MR) is 89.3 cm³/mol. The normalized spacial score (nSPS) is 15.6. The molecule has 0 aromatic rings. The summed E-state index contributed by atoms with van der Waals surface area (Å²) in [5.41, 5.74) is 5.15. The van der Waals surface area contributed by atoms with Crippen LogP contribution < -0.4 is 21.7 Å². The second-order valence-electron chi connectivity index (χ2n) is 6.25. The zero-order valence-corrected chi connectivity index (χ0v) is 14.9. The Morgan fingerprint density at radius 1 is 0.960 bits per heavy atom. The molecule has 3 amide bonds. The fourth-order valence-electron chi connectivity index (χ4n) is 2.00. The quantitative estimate of drug-likeness (QED) is 0.260. The molecule has 0 aliphatic rings. The van der Waals surface area contributed by atoms with Crippen molar-refractivity contribution in [3.8, 4) is 0 Å². The number of nitrogens with one attached hydrogen (secondary N) is 3. The summed E-state index contributed by atoms with van der Waals surface area (Å²) in [4.78, 5) is 46.7. The van der Waals surface area contributed by atoms with Crippen LogP contribution in [0.5, 0.6) is 0 Å². The molecular formula is C15H28N4O6. The summed E-state index contributed by atoms with van der Waals surface area (Å²) >= 11 is 0. The van der Waals surface area contributed by atoms with E-state index in [1.165, 1.54) is 13.8 Å². The second-order valence-corrected chi connectivity index (χ2v) is 6.25. The number of carboxylic acid groups (broad SMARTS) is 1. The molecule has 0 radical (unpaired) electrons. The Morgan fingerprint density at radius 2 is 1.52 bits per heavy atom. The molecule has 144 valence electrons. The van der Waals surface area contributed by atoms with Gasteiger partial charge in [-0.25, -0.2) is 4.79 Å². The Balaban J connectivity index is 4.84. The first-order chi connectivity index (χ1) is 11.5. The monoisotopic (exact) mass is 360 g/mol.